The molecule has 1 aliphatic carbocycles. The van der Waals surface area contributed by atoms with Gasteiger partial charge in [-0.3, -0.25) is 9.59 Å². The van der Waals surface area contributed by atoms with Crippen LogP contribution in [0.4, 0.5) is 0 Å². The largest absolute Gasteiger partial charge is 0.466 e. The predicted molar refractivity (Wildman–Crippen MR) is 119 cm³/mol. The van der Waals surface area contributed by atoms with Gasteiger partial charge in [0.1, 0.15) is 0 Å². The quantitative estimate of drug-likeness (QED) is 0.219. The first-order valence-corrected chi connectivity index (χ1v) is 12.3. The first-order chi connectivity index (χ1) is 13.9. The lowest BCUT2D eigenvalue weighted by Crippen LogP contribution is -2.39. The summed E-state index contributed by atoms with van der Waals surface area (Å²) in [6.45, 7) is 9.46. The van der Waals surface area contributed by atoms with Gasteiger partial charge in [-0.25, -0.2) is 0 Å². The fraction of sp³-hybridized carbons (Fsp3) is 0.920. The SMILES string of the molecule is CCCCCOC(=O)CC(CC(C)C)(CC1CCCCC1)C(=O)OCCCCC. The number of carbonyl (C=O) groups is 2. The zero-order chi connectivity index (χ0) is 21.5. The maximum atomic E-state index is 13.3. The third-order valence-corrected chi connectivity index (χ3v) is 6.11. The van der Waals surface area contributed by atoms with Crippen molar-refractivity contribution in [3.8, 4) is 0 Å². The first-order valence-electron chi connectivity index (χ1n) is 12.3. The fourth-order valence-electron chi connectivity index (χ4n) is 4.73. The summed E-state index contributed by atoms with van der Waals surface area (Å²) >= 11 is 0. The molecule has 1 saturated carbocycles. The molecule has 0 aliphatic heterocycles. The van der Waals surface area contributed by atoms with Gasteiger partial charge < -0.3 is 9.47 Å². The van der Waals surface area contributed by atoms with Gasteiger partial charge in [-0.15, -0.1) is 0 Å². The van der Waals surface area contributed by atoms with E-state index in [1.165, 1.54) is 19.3 Å². The first kappa shape index (κ1) is 26.0. The maximum absolute atomic E-state index is 13.3. The Bertz CT molecular complexity index is 454. The molecule has 4 nitrogen and oxygen atoms in total. The van der Waals surface area contributed by atoms with E-state index in [-0.39, 0.29) is 18.4 Å². The van der Waals surface area contributed by atoms with E-state index in [1.54, 1.807) is 0 Å². The Labute approximate surface area is 179 Å². The van der Waals surface area contributed by atoms with E-state index in [0.717, 1.165) is 57.8 Å². The minimum atomic E-state index is -0.732. The fourth-order valence-corrected chi connectivity index (χ4v) is 4.73. The normalized spacial score (nSPS) is 17.1. The highest BCUT2D eigenvalue weighted by Crippen LogP contribution is 2.43. The van der Waals surface area contributed by atoms with Gasteiger partial charge >= 0.3 is 11.9 Å². The molecule has 1 rings (SSSR count). The Morgan fingerprint density at radius 1 is 0.897 bits per heavy atom. The van der Waals surface area contributed by atoms with E-state index in [2.05, 4.69) is 27.7 Å². The van der Waals surface area contributed by atoms with Gasteiger partial charge in [-0.1, -0.05) is 85.5 Å². The van der Waals surface area contributed by atoms with Crippen LogP contribution in [-0.4, -0.2) is 25.2 Å². The van der Waals surface area contributed by atoms with Gasteiger partial charge in [0.05, 0.1) is 25.0 Å². The monoisotopic (exact) mass is 410 g/mol. The lowest BCUT2D eigenvalue weighted by molar-refractivity contribution is -0.166. The zero-order valence-corrected chi connectivity index (χ0v) is 19.6. The molecule has 0 saturated heterocycles. The molecule has 4 heteroatoms. The van der Waals surface area contributed by atoms with Crippen molar-refractivity contribution in [2.75, 3.05) is 13.2 Å². The molecule has 0 aromatic rings. The molecule has 29 heavy (non-hydrogen) atoms. The minimum Gasteiger partial charge on any atom is -0.466 e. The van der Waals surface area contributed by atoms with Crippen LogP contribution in [0.1, 0.15) is 118 Å². The van der Waals surface area contributed by atoms with Crippen LogP contribution >= 0.6 is 0 Å². The lowest BCUT2D eigenvalue weighted by Gasteiger charge is -2.36. The van der Waals surface area contributed by atoms with Crippen LogP contribution in [0.5, 0.6) is 0 Å². The topological polar surface area (TPSA) is 52.6 Å². The average molecular weight is 411 g/mol. The predicted octanol–water partition coefficient (Wildman–Crippen LogP) is 6.85. The van der Waals surface area contributed by atoms with Crippen molar-refractivity contribution in [2.45, 2.75) is 118 Å². The number of rotatable bonds is 15. The molecule has 1 atom stereocenters. The van der Waals surface area contributed by atoms with Gasteiger partial charge in [0.2, 0.25) is 0 Å². The molecular formula is C25H46O4. The number of hydrogen-bond acceptors (Lipinski definition) is 4. The van der Waals surface area contributed by atoms with E-state index in [9.17, 15) is 9.59 Å². The van der Waals surface area contributed by atoms with Crippen molar-refractivity contribution in [3.63, 3.8) is 0 Å². The number of unbranched alkanes of at least 4 members (excludes halogenated alkanes) is 4. The van der Waals surface area contributed by atoms with Crippen molar-refractivity contribution >= 4 is 11.9 Å². The summed E-state index contributed by atoms with van der Waals surface area (Å²) in [6, 6.07) is 0. The Hall–Kier alpha value is -1.06. The summed E-state index contributed by atoms with van der Waals surface area (Å²) in [6.07, 6.45) is 13.8. The molecule has 0 spiro atoms. The number of carbonyl (C=O) groups excluding carboxylic acids is 2. The highest BCUT2D eigenvalue weighted by Gasteiger charge is 2.44. The second-order valence-electron chi connectivity index (χ2n) is 9.53. The molecule has 0 bridgehead atoms. The molecular weight excluding hydrogens is 364 g/mol. The molecule has 0 aromatic heterocycles. The molecule has 0 radical (unpaired) electrons. The molecule has 1 aliphatic rings. The van der Waals surface area contributed by atoms with Crippen LogP contribution < -0.4 is 0 Å². The van der Waals surface area contributed by atoms with Crippen molar-refractivity contribution in [1.82, 2.24) is 0 Å². The van der Waals surface area contributed by atoms with Gasteiger partial charge in [-0.05, 0) is 37.5 Å². The van der Waals surface area contributed by atoms with Crippen LogP contribution in [0.2, 0.25) is 0 Å². The Kier molecular flexibility index (Phi) is 13.3. The second kappa shape index (κ2) is 14.8. The third-order valence-electron chi connectivity index (χ3n) is 6.11. The second-order valence-corrected chi connectivity index (χ2v) is 9.53. The van der Waals surface area contributed by atoms with Crippen molar-refractivity contribution in [3.05, 3.63) is 0 Å². The summed E-state index contributed by atoms with van der Waals surface area (Å²) in [5.41, 5.74) is -0.732. The van der Waals surface area contributed by atoms with Gasteiger partial charge in [0, 0.05) is 0 Å². The summed E-state index contributed by atoms with van der Waals surface area (Å²) in [5, 5.41) is 0. The number of ether oxygens (including phenoxy) is 2. The molecule has 170 valence electrons. The highest BCUT2D eigenvalue weighted by atomic mass is 16.5. The number of hydrogen-bond donors (Lipinski definition) is 0. The van der Waals surface area contributed by atoms with Crippen LogP contribution in [0.25, 0.3) is 0 Å². The Morgan fingerprint density at radius 3 is 2.03 bits per heavy atom. The van der Waals surface area contributed by atoms with Gasteiger partial charge in [0.15, 0.2) is 0 Å². The molecule has 1 fully saturated rings. The molecule has 1 unspecified atom stereocenters. The summed E-state index contributed by atoms with van der Waals surface area (Å²) in [7, 11) is 0. The Balaban J connectivity index is 2.88. The van der Waals surface area contributed by atoms with Crippen molar-refractivity contribution < 1.29 is 19.1 Å². The van der Waals surface area contributed by atoms with E-state index >= 15 is 0 Å². The van der Waals surface area contributed by atoms with Crippen LogP contribution in [0, 0.1) is 17.3 Å². The van der Waals surface area contributed by atoms with Gasteiger partial charge in [0.25, 0.3) is 0 Å². The molecule has 0 N–H and O–H groups in total. The summed E-state index contributed by atoms with van der Waals surface area (Å²) < 4.78 is 11.3. The van der Waals surface area contributed by atoms with E-state index in [1.807, 2.05) is 0 Å². The van der Waals surface area contributed by atoms with Gasteiger partial charge in [-0.2, -0.15) is 0 Å². The van der Waals surface area contributed by atoms with Crippen LogP contribution in [-0.2, 0) is 19.1 Å². The summed E-state index contributed by atoms with van der Waals surface area (Å²) in [4.78, 5) is 26.0. The van der Waals surface area contributed by atoms with Crippen LogP contribution in [0.15, 0.2) is 0 Å². The molecule has 0 aromatic carbocycles. The highest BCUT2D eigenvalue weighted by molar-refractivity contribution is 5.83. The van der Waals surface area contributed by atoms with Crippen molar-refractivity contribution in [1.29, 1.82) is 0 Å². The molecule has 0 amide bonds. The Morgan fingerprint density at radius 2 is 1.48 bits per heavy atom. The lowest BCUT2D eigenvalue weighted by atomic mass is 9.68. The maximum Gasteiger partial charge on any atom is 0.312 e. The standard InChI is InChI=1S/C25H46O4/c1-5-7-12-16-28-23(26)20-25(18-21(3)4,19-22-14-10-9-11-15-22)24(27)29-17-13-8-6-2/h21-22H,5-20H2,1-4H3. The smallest absolute Gasteiger partial charge is 0.312 e. The van der Waals surface area contributed by atoms with Crippen LogP contribution in [0.3, 0.4) is 0 Å². The zero-order valence-electron chi connectivity index (χ0n) is 19.6. The molecule has 0 heterocycles. The van der Waals surface area contributed by atoms with Crippen molar-refractivity contribution in [2.24, 2.45) is 17.3 Å². The van der Waals surface area contributed by atoms with E-state index < -0.39 is 5.41 Å². The number of esters is 2. The average Bonchev–Trinajstić information content (AvgIpc) is 2.68. The minimum absolute atomic E-state index is 0.167. The summed E-state index contributed by atoms with van der Waals surface area (Å²) in [5.74, 6) is 0.440. The van der Waals surface area contributed by atoms with E-state index in [0.29, 0.717) is 31.5 Å². The third kappa shape index (κ3) is 10.5. The van der Waals surface area contributed by atoms with E-state index in [4.69, 9.17) is 9.47 Å².